The molecule has 1 aromatic rings. The smallest absolute Gasteiger partial charge is 0.354 e. The highest BCUT2D eigenvalue weighted by Gasteiger charge is 2.25. The number of nitrogens with zero attached hydrogens (tertiary/aromatic N) is 2. The van der Waals surface area contributed by atoms with Crippen molar-refractivity contribution in [2.24, 2.45) is 0 Å². The molecule has 2 rings (SSSR count). The van der Waals surface area contributed by atoms with Gasteiger partial charge in [0.05, 0.1) is 6.61 Å². The topological polar surface area (TPSA) is 73.7 Å². The van der Waals surface area contributed by atoms with Crippen molar-refractivity contribution >= 4 is 11.8 Å². The Hall–Kier alpha value is -1.62. The number of hydrogen-bond donors (Lipinski definition) is 2. The van der Waals surface area contributed by atoms with Gasteiger partial charge in [0, 0.05) is 12.6 Å². The number of pyridine rings is 1. The van der Waals surface area contributed by atoms with Gasteiger partial charge >= 0.3 is 5.97 Å². The molecule has 0 unspecified atom stereocenters. The summed E-state index contributed by atoms with van der Waals surface area (Å²) in [6, 6.07) is 5.35. The fourth-order valence-corrected chi connectivity index (χ4v) is 1.99. The third kappa shape index (κ3) is 2.55. The minimum Gasteiger partial charge on any atom is -0.477 e. The van der Waals surface area contributed by atoms with Crippen molar-refractivity contribution in [3.8, 4) is 0 Å². The Balaban J connectivity index is 2.22. The van der Waals surface area contributed by atoms with Crippen molar-refractivity contribution < 1.29 is 15.0 Å². The molecule has 92 valence electrons. The zero-order valence-corrected chi connectivity index (χ0v) is 9.54. The first-order valence-electron chi connectivity index (χ1n) is 5.80. The summed E-state index contributed by atoms with van der Waals surface area (Å²) in [5, 5.41) is 18.0. The molecule has 0 bridgehead atoms. The molecular weight excluding hydrogens is 220 g/mol. The summed E-state index contributed by atoms with van der Waals surface area (Å²) in [6.07, 6.45) is 3.35. The minimum atomic E-state index is -1.02. The molecule has 1 heterocycles. The highest BCUT2D eigenvalue weighted by atomic mass is 16.4. The second-order valence-corrected chi connectivity index (χ2v) is 4.19. The van der Waals surface area contributed by atoms with Gasteiger partial charge in [-0.3, -0.25) is 0 Å². The van der Waals surface area contributed by atoms with Crippen LogP contribution in [0.1, 0.15) is 29.8 Å². The fourth-order valence-electron chi connectivity index (χ4n) is 1.99. The quantitative estimate of drug-likeness (QED) is 0.801. The largest absolute Gasteiger partial charge is 0.477 e. The van der Waals surface area contributed by atoms with E-state index in [0.29, 0.717) is 18.4 Å². The van der Waals surface area contributed by atoms with Gasteiger partial charge in [-0.05, 0) is 31.4 Å². The maximum absolute atomic E-state index is 10.9. The monoisotopic (exact) mass is 236 g/mol. The average molecular weight is 236 g/mol. The standard InChI is InChI=1S/C12H16N2O3/c15-8-7-14(9-3-1-4-9)11-6-2-5-10(13-11)12(16)17/h2,5-6,9,15H,1,3-4,7-8H2,(H,16,17). The predicted octanol–water partition coefficient (Wildman–Crippen LogP) is 1.13. The summed E-state index contributed by atoms with van der Waals surface area (Å²) in [6.45, 7) is 0.552. The zero-order chi connectivity index (χ0) is 12.3. The van der Waals surface area contributed by atoms with Crippen LogP contribution in [0, 0.1) is 0 Å². The Bertz CT molecular complexity index is 404. The van der Waals surface area contributed by atoms with Crippen LogP contribution in [0.2, 0.25) is 0 Å². The molecule has 5 nitrogen and oxygen atoms in total. The number of carboxylic acids is 1. The first-order chi connectivity index (χ1) is 8.22. The molecule has 1 aromatic heterocycles. The number of aliphatic hydroxyl groups excluding tert-OH is 1. The van der Waals surface area contributed by atoms with Gasteiger partial charge in [-0.2, -0.15) is 0 Å². The molecule has 2 N–H and O–H groups in total. The number of carboxylic acid groups (broad SMARTS) is 1. The molecule has 1 aliphatic carbocycles. The van der Waals surface area contributed by atoms with Crippen molar-refractivity contribution in [3.05, 3.63) is 23.9 Å². The molecule has 1 saturated carbocycles. The summed E-state index contributed by atoms with van der Waals surface area (Å²) in [4.78, 5) is 17.0. The lowest BCUT2D eigenvalue weighted by molar-refractivity contribution is 0.0690. The van der Waals surface area contributed by atoms with Crippen molar-refractivity contribution in [1.29, 1.82) is 0 Å². The Morgan fingerprint density at radius 2 is 2.24 bits per heavy atom. The highest BCUT2D eigenvalue weighted by molar-refractivity contribution is 5.85. The van der Waals surface area contributed by atoms with E-state index in [4.69, 9.17) is 10.2 Å². The molecule has 0 saturated heterocycles. The Labute approximate surface area is 99.7 Å². The predicted molar refractivity (Wildman–Crippen MR) is 63.3 cm³/mol. The van der Waals surface area contributed by atoms with E-state index in [1.165, 1.54) is 12.5 Å². The SMILES string of the molecule is O=C(O)c1cccc(N(CCO)C2CCC2)n1. The van der Waals surface area contributed by atoms with Crippen LogP contribution in [0.25, 0.3) is 0 Å². The Kier molecular flexibility index (Phi) is 3.58. The number of aromatic carboxylic acids is 1. The molecule has 17 heavy (non-hydrogen) atoms. The Morgan fingerprint density at radius 3 is 2.76 bits per heavy atom. The maximum atomic E-state index is 10.9. The van der Waals surface area contributed by atoms with Crippen LogP contribution in [-0.4, -0.2) is 40.4 Å². The van der Waals surface area contributed by atoms with Gasteiger partial charge in [-0.1, -0.05) is 6.07 Å². The van der Waals surface area contributed by atoms with Crippen molar-refractivity contribution in [3.63, 3.8) is 0 Å². The molecular formula is C12H16N2O3. The van der Waals surface area contributed by atoms with Gasteiger partial charge in [-0.15, -0.1) is 0 Å². The number of aromatic nitrogens is 1. The maximum Gasteiger partial charge on any atom is 0.354 e. The number of aliphatic hydroxyl groups is 1. The molecule has 0 atom stereocenters. The number of rotatable bonds is 5. The molecule has 0 spiro atoms. The van der Waals surface area contributed by atoms with Crippen molar-refractivity contribution in [2.45, 2.75) is 25.3 Å². The van der Waals surface area contributed by atoms with E-state index in [0.717, 1.165) is 12.8 Å². The first kappa shape index (κ1) is 11.9. The highest BCUT2D eigenvalue weighted by Crippen LogP contribution is 2.28. The lowest BCUT2D eigenvalue weighted by atomic mass is 9.91. The molecule has 0 aliphatic heterocycles. The summed E-state index contributed by atoms with van der Waals surface area (Å²) in [7, 11) is 0. The van der Waals surface area contributed by atoms with E-state index in [1.54, 1.807) is 12.1 Å². The third-order valence-electron chi connectivity index (χ3n) is 3.10. The normalized spacial score (nSPS) is 15.4. The number of anilines is 1. The van der Waals surface area contributed by atoms with Crippen LogP contribution >= 0.6 is 0 Å². The summed E-state index contributed by atoms with van der Waals surface area (Å²) < 4.78 is 0. The van der Waals surface area contributed by atoms with Crippen molar-refractivity contribution in [1.82, 2.24) is 4.98 Å². The van der Waals surface area contributed by atoms with Gasteiger partial charge in [0.15, 0.2) is 5.69 Å². The summed E-state index contributed by atoms with van der Waals surface area (Å²) in [5.74, 6) is -0.381. The van der Waals surface area contributed by atoms with Crippen LogP contribution in [0.15, 0.2) is 18.2 Å². The van der Waals surface area contributed by atoms with E-state index in [-0.39, 0.29) is 12.3 Å². The van der Waals surface area contributed by atoms with E-state index in [1.807, 2.05) is 4.90 Å². The van der Waals surface area contributed by atoms with E-state index in [9.17, 15) is 4.79 Å². The van der Waals surface area contributed by atoms with Crippen LogP contribution < -0.4 is 4.90 Å². The summed E-state index contributed by atoms with van der Waals surface area (Å²) in [5.41, 5.74) is 0.0461. The second-order valence-electron chi connectivity index (χ2n) is 4.19. The molecule has 0 radical (unpaired) electrons. The van der Waals surface area contributed by atoms with Gasteiger partial charge in [0.1, 0.15) is 5.82 Å². The summed E-state index contributed by atoms with van der Waals surface area (Å²) >= 11 is 0. The lowest BCUT2D eigenvalue weighted by Gasteiger charge is -2.38. The van der Waals surface area contributed by atoms with Crippen LogP contribution in [0.3, 0.4) is 0 Å². The van der Waals surface area contributed by atoms with Gasteiger partial charge < -0.3 is 15.1 Å². The fraction of sp³-hybridized carbons (Fsp3) is 0.500. The Morgan fingerprint density at radius 1 is 1.47 bits per heavy atom. The lowest BCUT2D eigenvalue weighted by Crippen LogP contribution is -2.42. The number of hydrogen-bond acceptors (Lipinski definition) is 4. The average Bonchev–Trinajstić information content (AvgIpc) is 2.26. The molecule has 0 aromatic carbocycles. The van der Waals surface area contributed by atoms with Crippen LogP contribution in [0.4, 0.5) is 5.82 Å². The molecule has 1 aliphatic rings. The van der Waals surface area contributed by atoms with Crippen LogP contribution in [-0.2, 0) is 0 Å². The minimum absolute atomic E-state index is 0.0461. The molecule has 5 heteroatoms. The zero-order valence-electron chi connectivity index (χ0n) is 9.54. The third-order valence-corrected chi connectivity index (χ3v) is 3.10. The first-order valence-corrected chi connectivity index (χ1v) is 5.80. The van der Waals surface area contributed by atoms with E-state index >= 15 is 0 Å². The second kappa shape index (κ2) is 5.14. The molecule has 0 amide bonds. The van der Waals surface area contributed by atoms with E-state index < -0.39 is 5.97 Å². The van der Waals surface area contributed by atoms with Gasteiger partial charge in [0.25, 0.3) is 0 Å². The van der Waals surface area contributed by atoms with Crippen LogP contribution in [0.5, 0.6) is 0 Å². The van der Waals surface area contributed by atoms with E-state index in [2.05, 4.69) is 4.98 Å². The van der Waals surface area contributed by atoms with Crippen molar-refractivity contribution in [2.75, 3.05) is 18.1 Å². The van der Waals surface area contributed by atoms with Gasteiger partial charge in [0.2, 0.25) is 0 Å². The number of carbonyl (C=O) groups is 1. The molecule has 1 fully saturated rings. The van der Waals surface area contributed by atoms with Gasteiger partial charge in [-0.25, -0.2) is 9.78 Å².